The monoisotopic (exact) mass is 438 g/mol. The standard InChI is InChI=1S/C25H22N6O2/c1-27-25(33)22-23(26)29-15-21(31-22)16-7-4-8-17(12-16)24(32)30-14-19-6-2-3-10-20(19)18-9-5-11-28-13-18/h2-13,15H,14H2,1H3,(H2,26,29)(H,27,33)(H,30,32). The molecular formula is C25H22N6O2. The summed E-state index contributed by atoms with van der Waals surface area (Å²) in [5.41, 5.74) is 10.3. The van der Waals surface area contributed by atoms with Crippen molar-refractivity contribution in [3.8, 4) is 22.4 Å². The number of pyridine rings is 1. The summed E-state index contributed by atoms with van der Waals surface area (Å²) in [6.07, 6.45) is 5.00. The van der Waals surface area contributed by atoms with Crippen LogP contribution in [0.4, 0.5) is 5.82 Å². The SMILES string of the molecule is CNC(=O)c1nc(-c2cccc(C(=O)NCc3ccccc3-c3cccnc3)c2)cnc1N. The molecule has 4 N–H and O–H groups in total. The molecule has 0 saturated heterocycles. The maximum atomic E-state index is 12.9. The van der Waals surface area contributed by atoms with E-state index in [-0.39, 0.29) is 17.4 Å². The molecule has 8 nitrogen and oxygen atoms in total. The molecule has 0 spiro atoms. The largest absolute Gasteiger partial charge is 0.382 e. The summed E-state index contributed by atoms with van der Waals surface area (Å²) in [6, 6.07) is 18.7. The highest BCUT2D eigenvalue weighted by atomic mass is 16.2. The van der Waals surface area contributed by atoms with E-state index in [1.807, 2.05) is 36.4 Å². The molecule has 0 bridgehead atoms. The van der Waals surface area contributed by atoms with Gasteiger partial charge < -0.3 is 16.4 Å². The second-order valence-electron chi connectivity index (χ2n) is 7.23. The fourth-order valence-corrected chi connectivity index (χ4v) is 3.40. The molecule has 0 unspecified atom stereocenters. The van der Waals surface area contributed by atoms with Gasteiger partial charge >= 0.3 is 0 Å². The normalized spacial score (nSPS) is 10.5. The van der Waals surface area contributed by atoms with Crippen molar-refractivity contribution < 1.29 is 9.59 Å². The van der Waals surface area contributed by atoms with Gasteiger partial charge in [0.2, 0.25) is 0 Å². The molecule has 0 aliphatic heterocycles. The van der Waals surface area contributed by atoms with Crippen LogP contribution in [-0.4, -0.2) is 33.8 Å². The second kappa shape index (κ2) is 9.69. The smallest absolute Gasteiger partial charge is 0.273 e. The van der Waals surface area contributed by atoms with Crippen molar-refractivity contribution in [2.45, 2.75) is 6.54 Å². The minimum atomic E-state index is -0.428. The highest BCUT2D eigenvalue weighted by molar-refractivity contribution is 5.97. The number of nitrogens with zero attached hydrogens (tertiary/aromatic N) is 3. The Morgan fingerprint density at radius 1 is 0.939 bits per heavy atom. The molecule has 0 fully saturated rings. The van der Waals surface area contributed by atoms with Gasteiger partial charge in [-0.2, -0.15) is 0 Å². The summed E-state index contributed by atoms with van der Waals surface area (Å²) in [5, 5.41) is 5.46. The van der Waals surface area contributed by atoms with Crippen LogP contribution in [0, 0.1) is 0 Å². The predicted octanol–water partition coefficient (Wildman–Crippen LogP) is 3.08. The van der Waals surface area contributed by atoms with Crippen molar-refractivity contribution in [3.63, 3.8) is 0 Å². The van der Waals surface area contributed by atoms with Crippen LogP contribution >= 0.6 is 0 Å². The topological polar surface area (TPSA) is 123 Å². The molecule has 0 saturated carbocycles. The van der Waals surface area contributed by atoms with E-state index < -0.39 is 5.91 Å². The number of amides is 2. The second-order valence-corrected chi connectivity index (χ2v) is 7.23. The summed E-state index contributed by atoms with van der Waals surface area (Å²) < 4.78 is 0. The number of hydrogen-bond acceptors (Lipinski definition) is 6. The van der Waals surface area contributed by atoms with Crippen molar-refractivity contribution in [2.24, 2.45) is 0 Å². The van der Waals surface area contributed by atoms with E-state index in [9.17, 15) is 9.59 Å². The van der Waals surface area contributed by atoms with Crippen LogP contribution in [0.2, 0.25) is 0 Å². The van der Waals surface area contributed by atoms with Crippen LogP contribution in [0.5, 0.6) is 0 Å². The molecular weight excluding hydrogens is 416 g/mol. The van der Waals surface area contributed by atoms with Crippen molar-refractivity contribution in [1.29, 1.82) is 0 Å². The number of carbonyl (C=O) groups is 2. The van der Waals surface area contributed by atoms with Crippen LogP contribution in [0.25, 0.3) is 22.4 Å². The molecule has 2 amide bonds. The Morgan fingerprint density at radius 2 is 1.76 bits per heavy atom. The highest BCUT2D eigenvalue weighted by Gasteiger charge is 2.14. The third-order valence-electron chi connectivity index (χ3n) is 5.09. The Bertz CT molecular complexity index is 1310. The van der Waals surface area contributed by atoms with Gasteiger partial charge in [-0.15, -0.1) is 0 Å². The first-order valence-electron chi connectivity index (χ1n) is 10.3. The molecule has 164 valence electrons. The Kier molecular flexibility index (Phi) is 6.36. The number of benzene rings is 2. The van der Waals surface area contributed by atoms with E-state index in [4.69, 9.17) is 5.73 Å². The van der Waals surface area contributed by atoms with Gasteiger partial charge in [0.25, 0.3) is 11.8 Å². The van der Waals surface area contributed by atoms with Crippen LogP contribution in [-0.2, 0) is 6.54 Å². The average Bonchev–Trinajstić information content (AvgIpc) is 2.88. The zero-order chi connectivity index (χ0) is 23.2. The van der Waals surface area contributed by atoms with E-state index in [0.717, 1.165) is 16.7 Å². The molecule has 0 radical (unpaired) electrons. The molecule has 0 aliphatic rings. The zero-order valence-electron chi connectivity index (χ0n) is 17.9. The van der Waals surface area contributed by atoms with Gasteiger partial charge in [-0.1, -0.05) is 42.5 Å². The predicted molar refractivity (Wildman–Crippen MR) is 126 cm³/mol. The maximum absolute atomic E-state index is 12.9. The van der Waals surface area contributed by atoms with Gasteiger partial charge in [-0.05, 0) is 29.3 Å². The maximum Gasteiger partial charge on any atom is 0.273 e. The number of nitrogens with one attached hydrogen (secondary N) is 2. The number of rotatable bonds is 6. The minimum Gasteiger partial charge on any atom is -0.382 e. The van der Waals surface area contributed by atoms with E-state index in [0.29, 0.717) is 23.4 Å². The molecule has 0 aliphatic carbocycles. The average molecular weight is 438 g/mol. The quantitative estimate of drug-likeness (QED) is 0.425. The lowest BCUT2D eigenvalue weighted by Gasteiger charge is -2.11. The van der Waals surface area contributed by atoms with E-state index in [1.165, 1.54) is 13.2 Å². The molecule has 2 aromatic carbocycles. The molecule has 4 aromatic rings. The Balaban J connectivity index is 1.54. The van der Waals surface area contributed by atoms with Crippen molar-refractivity contribution >= 4 is 17.6 Å². The third-order valence-corrected chi connectivity index (χ3v) is 5.09. The summed E-state index contributed by atoms with van der Waals surface area (Å²) >= 11 is 0. The third kappa shape index (κ3) is 4.85. The van der Waals surface area contributed by atoms with Crippen molar-refractivity contribution in [1.82, 2.24) is 25.6 Å². The summed E-state index contributed by atoms with van der Waals surface area (Å²) in [4.78, 5) is 37.4. The van der Waals surface area contributed by atoms with E-state index in [2.05, 4.69) is 25.6 Å². The van der Waals surface area contributed by atoms with Gasteiger partial charge in [0, 0.05) is 42.7 Å². The van der Waals surface area contributed by atoms with Gasteiger partial charge in [-0.25, -0.2) is 9.97 Å². The first-order valence-corrected chi connectivity index (χ1v) is 10.3. The fraction of sp³-hybridized carbons (Fsp3) is 0.0800. The zero-order valence-corrected chi connectivity index (χ0v) is 17.9. The number of carbonyl (C=O) groups excluding carboxylic acids is 2. The van der Waals surface area contributed by atoms with Gasteiger partial charge in [0.1, 0.15) is 0 Å². The number of anilines is 1. The molecule has 4 rings (SSSR count). The number of nitrogen functional groups attached to an aromatic ring is 1. The van der Waals surface area contributed by atoms with Crippen LogP contribution in [0.3, 0.4) is 0 Å². The van der Waals surface area contributed by atoms with Crippen LogP contribution in [0.15, 0.2) is 79.3 Å². The van der Waals surface area contributed by atoms with E-state index in [1.54, 1.807) is 36.7 Å². The van der Waals surface area contributed by atoms with Gasteiger partial charge in [0.15, 0.2) is 11.5 Å². The van der Waals surface area contributed by atoms with Crippen LogP contribution in [0.1, 0.15) is 26.4 Å². The Hall–Kier alpha value is -4.59. The van der Waals surface area contributed by atoms with Gasteiger partial charge in [-0.3, -0.25) is 14.6 Å². The Labute approximate surface area is 190 Å². The summed E-state index contributed by atoms with van der Waals surface area (Å²) in [5.74, 6) is -0.616. The number of aromatic nitrogens is 3. The molecule has 0 atom stereocenters. The molecule has 2 aromatic heterocycles. The lowest BCUT2D eigenvalue weighted by molar-refractivity contribution is 0.0945. The van der Waals surface area contributed by atoms with E-state index >= 15 is 0 Å². The molecule has 2 heterocycles. The van der Waals surface area contributed by atoms with Gasteiger partial charge in [0.05, 0.1) is 11.9 Å². The lowest BCUT2D eigenvalue weighted by Crippen LogP contribution is -2.23. The summed E-state index contributed by atoms with van der Waals surface area (Å²) in [7, 11) is 1.49. The number of nitrogens with two attached hydrogens (primary N) is 1. The minimum absolute atomic E-state index is 0.0388. The van der Waals surface area contributed by atoms with Crippen molar-refractivity contribution in [2.75, 3.05) is 12.8 Å². The first kappa shape index (κ1) is 21.6. The molecule has 33 heavy (non-hydrogen) atoms. The highest BCUT2D eigenvalue weighted by Crippen LogP contribution is 2.23. The lowest BCUT2D eigenvalue weighted by atomic mass is 10.0. The van der Waals surface area contributed by atoms with Crippen molar-refractivity contribution in [3.05, 3.63) is 96.1 Å². The first-order chi connectivity index (χ1) is 16.1. The van der Waals surface area contributed by atoms with Crippen LogP contribution < -0.4 is 16.4 Å². The fourth-order valence-electron chi connectivity index (χ4n) is 3.40. The number of hydrogen-bond donors (Lipinski definition) is 3. The molecule has 8 heteroatoms. The summed E-state index contributed by atoms with van der Waals surface area (Å²) in [6.45, 7) is 0.358. The Morgan fingerprint density at radius 3 is 2.55 bits per heavy atom.